The minimum atomic E-state index is 0.587. The molecular weight excluding hydrogens is 250 g/mol. The van der Waals surface area contributed by atoms with Crippen LogP contribution in [0.5, 0.6) is 0 Å². The summed E-state index contributed by atoms with van der Waals surface area (Å²) in [7, 11) is 1.86. The van der Waals surface area contributed by atoms with Gasteiger partial charge in [-0.2, -0.15) is 0 Å². The highest BCUT2D eigenvalue weighted by atomic mass is 15.1. The second-order valence-electron chi connectivity index (χ2n) is 4.42. The molecule has 0 aliphatic heterocycles. The number of hydrogen-bond acceptors (Lipinski definition) is 4. The van der Waals surface area contributed by atoms with Crippen molar-refractivity contribution in [3.8, 4) is 22.9 Å². The number of aromatic nitrogens is 4. The molecule has 1 aromatic carbocycles. The molecule has 100 valence electrons. The Morgan fingerprint density at radius 1 is 1.10 bits per heavy atom. The summed E-state index contributed by atoms with van der Waals surface area (Å²) in [6.45, 7) is 2.01. The van der Waals surface area contributed by atoms with Gasteiger partial charge in [-0.1, -0.05) is 30.3 Å². The lowest BCUT2D eigenvalue weighted by Crippen LogP contribution is -2.03. The van der Waals surface area contributed by atoms with Gasteiger partial charge in [-0.15, -0.1) is 0 Å². The Kier molecular flexibility index (Phi) is 3.16. The van der Waals surface area contributed by atoms with Crippen molar-refractivity contribution in [2.45, 2.75) is 6.92 Å². The van der Waals surface area contributed by atoms with Gasteiger partial charge in [0.25, 0.3) is 0 Å². The molecular formula is C15H15N5. The maximum Gasteiger partial charge on any atom is 0.198 e. The van der Waals surface area contributed by atoms with Crippen molar-refractivity contribution in [3.05, 3.63) is 48.3 Å². The van der Waals surface area contributed by atoms with E-state index in [1.165, 1.54) is 0 Å². The summed E-state index contributed by atoms with van der Waals surface area (Å²) in [4.78, 5) is 16.4. The molecule has 2 heterocycles. The van der Waals surface area contributed by atoms with Gasteiger partial charge >= 0.3 is 0 Å². The Hall–Kier alpha value is -2.69. The maximum atomic E-state index is 4.65. The fourth-order valence-electron chi connectivity index (χ4n) is 2.13. The number of hydrogen-bond donors (Lipinski definition) is 2. The average molecular weight is 265 g/mol. The van der Waals surface area contributed by atoms with Crippen LogP contribution in [-0.2, 0) is 0 Å². The third-order valence-electron chi connectivity index (χ3n) is 3.14. The zero-order valence-corrected chi connectivity index (χ0v) is 11.4. The number of benzene rings is 1. The first-order valence-electron chi connectivity index (χ1n) is 6.41. The molecule has 0 fully saturated rings. The highest BCUT2D eigenvalue weighted by Gasteiger charge is 2.13. The van der Waals surface area contributed by atoms with Crippen LogP contribution in [-0.4, -0.2) is 27.0 Å². The molecule has 3 rings (SSSR count). The van der Waals surface area contributed by atoms with E-state index in [1.807, 2.05) is 44.3 Å². The number of nitrogens with one attached hydrogen (secondary N) is 2. The van der Waals surface area contributed by atoms with Crippen LogP contribution in [0, 0.1) is 6.92 Å². The summed E-state index contributed by atoms with van der Waals surface area (Å²) in [5.41, 5.74) is 3.00. The fraction of sp³-hybridized carbons (Fsp3) is 0.133. The highest BCUT2D eigenvalue weighted by Crippen LogP contribution is 2.27. The molecule has 5 heteroatoms. The number of H-pyrrole nitrogens is 1. The third-order valence-corrected chi connectivity index (χ3v) is 3.14. The molecule has 0 saturated heterocycles. The molecule has 0 aliphatic carbocycles. The van der Waals surface area contributed by atoms with Gasteiger partial charge in [0.1, 0.15) is 5.82 Å². The van der Waals surface area contributed by atoms with Gasteiger partial charge in [-0.25, -0.2) is 15.0 Å². The number of nitrogens with zero attached hydrogens (tertiary/aromatic N) is 3. The van der Waals surface area contributed by atoms with Crippen LogP contribution >= 0.6 is 0 Å². The summed E-state index contributed by atoms with van der Waals surface area (Å²) in [5.74, 6) is 2.06. The molecule has 5 nitrogen and oxygen atoms in total. The number of aromatic amines is 1. The first-order chi connectivity index (χ1) is 9.79. The zero-order valence-electron chi connectivity index (χ0n) is 11.4. The van der Waals surface area contributed by atoms with E-state index in [0.717, 1.165) is 22.6 Å². The summed E-state index contributed by atoms with van der Waals surface area (Å²) >= 11 is 0. The van der Waals surface area contributed by atoms with E-state index in [9.17, 15) is 0 Å². The molecule has 0 saturated carbocycles. The van der Waals surface area contributed by atoms with Gasteiger partial charge in [0.2, 0.25) is 0 Å². The van der Waals surface area contributed by atoms with Gasteiger partial charge in [0.05, 0.1) is 5.69 Å². The van der Waals surface area contributed by atoms with Crippen LogP contribution < -0.4 is 5.32 Å². The maximum absolute atomic E-state index is 4.65. The Balaban J connectivity index is 2.21. The van der Waals surface area contributed by atoms with Gasteiger partial charge < -0.3 is 10.3 Å². The van der Waals surface area contributed by atoms with Crippen molar-refractivity contribution in [2.75, 3.05) is 12.4 Å². The summed E-state index contributed by atoms with van der Waals surface area (Å²) in [5, 5.41) is 3.11. The molecule has 0 unspecified atom stereocenters. The Morgan fingerprint density at radius 3 is 2.55 bits per heavy atom. The summed E-state index contributed by atoms with van der Waals surface area (Å²) in [6.07, 6.45) is 3.46. The van der Waals surface area contributed by atoms with Crippen molar-refractivity contribution >= 4 is 5.82 Å². The Morgan fingerprint density at radius 2 is 1.90 bits per heavy atom. The standard InChI is InChI=1S/C15H15N5/c1-10-12(11-6-4-3-5-7-11)19-15(20-13(10)16-2)14-17-8-9-18-14/h3-9H,1-2H3,(H,17,18)(H,16,19,20). The lowest BCUT2D eigenvalue weighted by Gasteiger charge is -2.11. The van der Waals surface area contributed by atoms with Crippen LogP contribution in [0.15, 0.2) is 42.7 Å². The number of anilines is 1. The second-order valence-corrected chi connectivity index (χ2v) is 4.42. The smallest absolute Gasteiger partial charge is 0.198 e. The lowest BCUT2D eigenvalue weighted by molar-refractivity contribution is 1.10. The molecule has 0 bridgehead atoms. The van der Waals surface area contributed by atoms with Gasteiger partial charge in [-0.3, -0.25) is 0 Å². The minimum absolute atomic E-state index is 0.587. The SMILES string of the molecule is CNc1nc(-c2ncc[nH]2)nc(-c2ccccc2)c1C. The molecule has 0 amide bonds. The van der Waals surface area contributed by atoms with E-state index in [4.69, 9.17) is 0 Å². The lowest BCUT2D eigenvalue weighted by atomic mass is 10.1. The predicted octanol–water partition coefficient (Wildman–Crippen LogP) is 2.88. The van der Waals surface area contributed by atoms with Crippen molar-refractivity contribution in [1.29, 1.82) is 0 Å². The van der Waals surface area contributed by atoms with E-state index in [2.05, 4.69) is 25.3 Å². The normalized spacial score (nSPS) is 10.5. The largest absolute Gasteiger partial charge is 0.373 e. The van der Waals surface area contributed by atoms with E-state index >= 15 is 0 Å². The van der Waals surface area contributed by atoms with E-state index in [-0.39, 0.29) is 0 Å². The topological polar surface area (TPSA) is 66.5 Å². The monoisotopic (exact) mass is 265 g/mol. The van der Waals surface area contributed by atoms with Crippen molar-refractivity contribution < 1.29 is 0 Å². The second kappa shape index (κ2) is 5.13. The van der Waals surface area contributed by atoms with Gasteiger partial charge in [-0.05, 0) is 6.92 Å². The van der Waals surface area contributed by atoms with E-state index in [0.29, 0.717) is 11.6 Å². The molecule has 20 heavy (non-hydrogen) atoms. The zero-order chi connectivity index (χ0) is 13.9. The third kappa shape index (κ3) is 2.14. The molecule has 3 aromatic rings. The van der Waals surface area contributed by atoms with Crippen molar-refractivity contribution in [2.24, 2.45) is 0 Å². The first kappa shape index (κ1) is 12.3. The number of rotatable bonds is 3. The van der Waals surface area contributed by atoms with Gasteiger partial charge in [0, 0.05) is 30.6 Å². The quantitative estimate of drug-likeness (QED) is 0.764. The van der Waals surface area contributed by atoms with Crippen molar-refractivity contribution in [3.63, 3.8) is 0 Å². The molecule has 2 N–H and O–H groups in total. The van der Waals surface area contributed by atoms with Gasteiger partial charge in [0.15, 0.2) is 11.6 Å². The summed E-state index contributed by atoms with van der Waals surface area (Å²) in [6, 6.07) is 10.1. The molecule has 0 radical (unpaired) electrons. The molecule has 0 atom stereocenters. The van der Waals surface area contributed by atoms with E-state index in [1.54, 1.807) is 12.4 Å². The van der Waals surface area contributed by atoms with E-state index < -0.39 is 0 Å². The Bertz CT molecular complexity index is 705. The minimum Gasteiger partial charge on any atom is -0.373 e. The molecule has 0 spiro atoms. The molecule has 0 aliphatic rings. The summed E-state index contributed by atoms with van der Waals surface area (Å²) < 4.78 is 0. The molecule has 2 aromatic heterocycles. The van der Waals surface area contributed by atoms with Crippen LogP contribution in [0.2, 0.25) is 0 Å². The predicted molar refractivity (Wildman–Crippen MR) is 79.3 cm³/mol. The highest BCUT2D eigenvalue weighted by molar-refractivity contribution is 5.70. The van der Waals surface area contributed by atoms with Crippen molar-refractivity contribution in [1.82, 2.24) is 19.9 Å². The average Bonchev–Trinajstić information content (AvgIpc) is 3.03. The Labute approximate surface area is 117 Å². The van der Waals surface area contributed by atoms with Crippen LogP contribution in [0.3, 0.4) is 0 Å². The van der Waals surface area contributed by atoms with Crippen LogP contribution in [0.1, 0.15) is 5.56 Å². The fourth-order valence-corrected chi connectivity index (χ4v) is 2.13. The number of imidazole rings is 1. The van der Waals surface area contributed by atoms with Crippen LogP contribution in [0.4, 0.5) is 5.82 Å². The first-order valence-corrected chi connectivity index (χ1v) is 6.41. The van der Waals surface area contributed by atoms with Crippen LogP contribution in [0.25, 0.3) is 22.9 Å².